The van der Waals surface area contributed by atoms with Gasteiger partial charge in [-0.25, -0.2) is 0 Å². The second-order valence-electron chi connectivity index (χ2n) is 8.14. The summed E-state index contributed by atoms with van der Waals surface area (Å²) < 4.78 is 0. The van der Waals surface area contributed by atoms with E-state index in [1.54, 1.807) is 19.3 Å². The Morgan fingerprint density at radius 2 is 1.85 bits per heavy atom. The number of nitrogens with one attached hydrogen (secondary N) is 1. The van der Waals surface area contributed by atoms with Crippen molar-refractivity contribution in [3.63, 3.8) is 0 Å². The molecule has 3 aliphatic carbocycles. The molecule has 0 aromatic heterocycles. The van der Waals surface area contributed by atoms with Crippen molar-refractivity contribution in [1.29, 1.82) is 0 Å². The molecule has 0 spiro atoms. The summed E-state index contributed by atoms with van der Waals surface area (Å²) in [5.41, 5.74) is 0. The lowest BCUT2D eigenvalue weighted by atomic mass is 9.93. The van der Waals surface area contributed by atoms with Crippen molar-refractivity contribution in [3.8, 4) is 0 Å². The second kappa shape index (κ2) is 4.98. The van der Waals surface area contributed by atoms with Crippen molar-refractivity contribution >= 4 is 0 Å². The van der Waals surface area contributed by atoms with Gasteiger partial charge in [0, 0.05) is 31.2 Å². The van der Waals surface area contributed by atoms with Crippen LogP contribution < -0.4 is 5.32 Å². The van der Waals surface area contributed by atoms with Crippen LogP contribution in [0.3, 0.4) is 0 Å². The van der Waals surface area contributed by atoms with Gasteiger partial charge in [0.2, 0.25) is 0 Å². The van der Waals surface area contributed by atoms with Gasteiger partial charge in [-0.05, 0) is 55.3 Å². The zero-order valence-electron chi connectivity index (χ0n) is 13.5. The van der Waals surface area contributed by atoms with Crippen LogP contribution in [0.2, 0.25) is 0 Å². The van der Waals surface area contributed by atoms with E-state index in [0.29, 0.717) is 0 Å². The van der Waals surface area contributed by atoms with E-state index in [4.69, 9.17) is 0 Å². The minimum atomic E-state index is 0.738. The van der Waals surface area contributed by atoms with E-state index < -0.39 is 0 Å². The van der Waals surface area contributed by atoms with Crippen molar-refractivity contribution in [3.05, 3.63) is 0 Å². The third-order valence-corrected chi connectivity index (χ3v) is 7.37. The van der Waals surface area contributed by atoms with Gasteiger partial charge in [0.15, 0.2) is 0 Å². The first-order valence-corrected chi connectivity index (χ1v) is 9.23. The summed E-state index contributed by atoms with van der Waals surface area (Å²) in [7, 11) is 0. The summed E-state index contributed by atoms with van der Waals surface area (Å²) in [6.07, 6.45) is 7.33. The molecular formula is C18H32N2. The third kappa shape index (κ3) is 1.90. The lowest BCUT2D eigenvalue weighted by Gasteiger charge is -2.43. The molecule has 1 heterocycles. The van der Waals surface area contributed by atoms with Crippen molar-refractivity contribution in [2.45, 2.75) is 71.0 Å². The van der Waals surface area contributed by atoms with E-state index in [0.717, 1.165) is 47.7 Å². The van der Waals surface area contributed by atoms with Crippen molar-refractivity contribution in [2.24, 2.45) is 29.6 Å². The van der Waals surface area contributed by atoms with E-state index in [2.05, 4.69) is 31.0 Å². The largest absolute Gasteiger partial charge is 0.311 e. The maximum Gasteiger partial charge on any atom is 0.0221 e. The quantitative estimate of drug-likeness (QED) is 0.848. The van der Waals surface area contributed by atoms with Gasteiger partial charge in [0.25, 0.3) is 0 Å². The number of hydrogen-bond donors (Lipinski definition) is 1. The van der Waals surface area contributed by atoms with Gasteiger partial charge in [-0.2, -0.15) is 0 Å². The first-order chi connectivity index (χ1) is 9.74. The van der Waals surface area contributed by atoms with Gasteiger partial charge in [0.1, 0.15) is 0 Å². The lowest BCUT2D eigenvalue weighted by molar-refractivity contribution is 0.0815. The van der Waals surface area contributed by atoms with Crippen LogP contribution >= 0.6 is 0 Å². The zero-order valence-corrected chi connectivity index (χ0v) is 13.5. The number of nitrogens with zero attached hydrogens (tertiary/aromatic N) is 1. The molecule has 0 aromatic carbocycles. The van der Waals surface area contributed by atoms with E-state index in [9.17, 15) is 0 Å². The van der Waals surface area contributed by atoms with Gasteiger partial charge in [0.05, 0.1) is 0 Å². The number of rotatable bonds is 4. The van der Waals surface area contributed by atoms with Crippen LogP contribution in [0.1, 0.15) is 52.9 Å². The molecule has 2 nitrogen and oxygen atoms in total. The van der Waals surface area contributed by atoms with Gasteiger partial charge in [-0.15, -0.1) is 0 Å². The van der Waals surface area contributed by atoms with Gasteiger partial charge in [-0.1, -0.05) is 27.2 Å². The molecule has 1 aliphatic heterocycles. The predicted molar refractivity (Wildman–Crippen MR) is 83.6 cm³/mol. The van der Waals surface area contributed by atoms with Gasteiger partial charge < -0.3 is 5.32 Å². The van der Waals surface area contributed by atoms with Crippen molar-refractivity contribution in [2.75, 3.05) is 13.1 Å². The first-order valence-electron chi connectivity index (χ1n) is 9.23. The minimum absolute atomic E-state index is 0.738. The Bertz CT molecular complexity index is 352. The van der Waals surface area contributed by atoms with Crippen LogP contribution in [-0.4, -0.2) is 36.1 Å². The minimum Gasteiger partial charge on any atom is -0.311 e. The molecule has 4 rings (SSSR count). The highest BCUT2D eigenvalue weighted by atomic mass is 15.3. The molecule has 7 atom stereocenters. The standard InChI is InChI=1S/C18H32N2/c1-4-11(3)15-10-20(14(5-2)9-19-15)18-16-12-6-7-13(8-12)17(16)18/h11-19H,4-10H2,1-3H3. The van der Waals surface area contributed by atoms with Crippen LogP contribution in [0.25, 0.3) is 0 Å². The zero-order chi connectivity index (χ0) is 13.9. The lowest BCUT2D eigenvalue weighted by Crippen LogP contribution is -2.59. The fraction of sp³-hybridized carbons (Fsp3) is 1.00. The number of fused-ring (bicyclic) bond motifs is 5. The smallest absolute Gasteiger partial charge is 0.0221 e. The normalized spacial score (nSPS) is 52.0. The fourth-order valence-electron chi connectivity index (χ4n) is 5.98. The predicted octanol–water partition coefficient (Wildman–Crippen LogP) is 3.13. The van der Waals surface area contributed by atoms with Crippen LogP contribution in [0.4, 0.5) is 0 Å². The van der Waals surface area contributed by atoms with E-state index >= 15 is 0 Å². The number of piperazine rings is 1. The van der Waals surface area contributed by atoms with E-state index in [1.165, 1.54) is 25.9 Å². The molecule has 0 radical (unpaired) electrons. The molecule has 0 amide bonds. The molecule has 20 heavy (non-hydrogen) atoms. The molecule has 3 saturated carbocycles. The summed E-state index contributed by atoms with van der Waals surface area (Å²) in [5, 5.41) is 3.85. The molecule has 4 aliphatic rings. The van der Waals surface area contributed by atoms with Crippen LogP contribution in [0, 0.1) is 29.6 Å². The van der Waals surface area contributed by atoms with Crippen molar-refractivity contribution in [1.82, 2.24) is 10.2 Å². The van der Waals surface area contributed by atoms with Gasteiger partial charge in [-0.3, -0.25) is 4.90 Å². The van der Waals surface area contributed by atoms with Crippen LogP contribution in [0.5, 0.6) is 0 Å². The molecule has 2 bridgehead atoms. The van der Waals surface area contributed by atoms with E-state index in [1.807, 2.05) is 0 Å². The Kier molecular flexibility index (Phi) is 3.38. The summed E-state index contributed by atoms with van der Waals surface area (Å²) >= 11 is 0. The highest BCUT2D eigenvalue weighted by Gasteiger charge is 2.67. The third-order valence-electron chi connectivity index (χ3n) is 7.37. The monoisotopic (exact) mass is 276 g/mol. The highest BCUT2D eigenvalue weighted by Crippen LogP contribution is 2.67. The Hall–Kier alpha value is -0.0800. The highest BCUT2D eigenvalue weighted by molar-refractivity contribution is 5.18. The molecule has 0 aromatic rings. The second-order valence-corrected chi connectivity index (χ2v) is 8.14. The Morgan fingerprint density at radius 1 is 1.15 bits per heavy atom. The summed E-state index contributed by atoms with van der Waals surface area (Å²) in [6, 6.07) is 2.53. The Labute approximate surface area is 124 Å². The summed E-state index contributed by atoms with van der Waals surface area (Å²) in [6.45, 7) is 9.71. The molecular weight excluding hydrogens is 244 g/mol. The maximum absolute atomic E-state index is 3.85. The molecule has 2 heteroatoms. The fourth-order valence-corrected chi connectivity index (χ4v) is 5.98. The van der Waals surface area contributed by atoms with Crippen molar-refractivity contribution < 1.29 is 0 Å². The molecule has 4 fully saturated rings. The number of hydrogen-bond acceptors (Lipinski definition) is 2. The van der Waals surface area contributed by atoms with Crippen LogP contribution in [-0.2, 0) is 0 Å². The molecule has 1 N–H and O–H groups in total. The maximum atomic E-state index is 3.85. The first kappa shape index (κ1) is 13.6. The Balaban J connectivity index is 1.47. The SMILES string of the molecule is CCC(C)C1CN(C2C3C4CCC(C4)C32)C(CC)CN1. The van der Waals surface area contributed by atoms with Gasteiger partial charge >= 0.3 is 0 Å². The average Bonchev–Trinajstić information content (AvgIpc) is 2.92. The average molecular weight is 276 g/mol. The topological polar surface area (TPSA) is 15.3 Å². The van der Waals surface area contributed by atoms with E-state index in [-0.39, 0.29) is 0 Å². The van der Waals surface area contributed by atoms with Crippen LogP contribution in [0.15, 0.2) is 0 Å². The molecule has 1 saturated heterocycles. The summed E-state index contributed by atoms with van der Waals surface area (Å²) in [4.78, 5) is 2.97. The molecule has 7 unspecified atom stereocenters. The molecule has 114 valence electrons. The summed E-state index contributed by atoms with van der Waals surface area (Å²) in [5.74, 6) is 5.27. The Morgan fingerprint density at radius 3 is 2.45 bits per heavy atom.